The number of rotatable bonds is 2. The predicted molar refractivity (Wildman–Crippen MR) is 87.2 cm³/mol. The molecular weight excluding hydrogens is 283 g/mol. The van der Waals surface area contributed by atoms with Gasteiger partial charge in [0.1, 0.15) is 5.82 Å². The summed E-state index contributed by atoms with van der Waals surface area (Å²) in [5.74, 6) is -0.238. The molecule has 4 heteroatoms. The third-order valence-electron chi connectivity index (χ3n) is 3.46. The summed E-state index contributed by atoms with van der Waals surface area (Å²) in [6.07, 6.45) is 2.06. The first-order chi connectivity index (χ1) is 10.1. The van der Waals surface area contributed by atoms with E-state index in [0.717, 1.165) is 16.8 Å². The molecule has 0 aliphatic carbocycles. The van der Waals surface area contributed by atoms with Gasteiger partial charge >= 0.3 is 0 Å². The molecule has 0 fully saturated rings. The topological polar surface area (TPSA) is 24.1 Å². The van der Waals surface area contributed by atoms with Crippen LogP contribution in [0.3, 0.4) is 0 Å². The van der Waals surface area contributed by atoms with E-state index in [1.807, 2.05) is 0 Å². The average molecular weight is 298 g/mol. The highest BCUT2D eigenvalue weighted by atomic mass is 32.1. The van der Waals surface area contributed by atoms with Crippen LogP contribution in [-0.2, 0) is 0 Å². The average Bonchev–Trinajstić information content (AvgIpc) is 2.48. The Kier molecular flexibility index (Phi) is 3.71. The van der Waals surface area contributed by atoms with Gasteiger partial charge in [0.25, 0.3) is 0 Å². The van der Waals surface area contributed by atoms with E-state index in [1.54, 1.807) is 12.1 Å². The largest absolute Gasteiger partial charge is 0.352 e. The van der Waals surface area contributed by atoms with Gasteiger partial charge in [0.05, 0.1) is 6.04 Å². The van der Waals surface area contributed by atoms with E-state index >= 15 is 0 Å². The molecule has 21 heavy (non-hydrogen) atoms. The third kappa shape index (κ3) is 3.11. The zero-order valence-corrected chi connectivity index (χ0v) is 12.4. The summed E-state index contributed by atoms with van der Waals surface area (Å²) in [5, 5.41) is 6.93. The molecule has 2 N–H and O–H groups in total. The van der Waals surface area contributed by atoms with E-state index in [2.05, 4.69) is 47.9 Å². The van der Waals surface area contributed by atoms with Crippen molar-refractivity contribution in [3.63, 3.8) is 0 Å². The number of benzene rings is 2. The van der Waals surface area contributed by atoms with Crippen molar-refractivity contribution in [2.24, 2.45) is 0 Å². The molecule has 0 aromatic heterocycles. The molecule has 2 nitrogen and oxygen atoms in total. The van der Waals surface area contributed by atoms with Gasteiger partial charge in [0.15, 0.2) is 5.11 Å². The summed E-state index contributed by atoms with van der Waals surface area (Å²) in [7, 11) is 0. The Morgan fingerprint density at radius 1 is 1.00 bits per heavy atom. The lowest BCUT2D eigenvalue weighted by atomic mass is 10.0. The van der Waals surface area contributed by atoms with E-state index in [-0.39, 0.29) is 11.9 Å². The minimum Gasteiger partial charge on any atom is -0.352 e. The van der Waals surface area contributed by atoms with Gasteiger partial charge in [-0.1, -0.05) is 42.0 Å². The van der Waals surface area contributed by atoms with Gasteiger partial charge in [-0.2, -0.15) is 0 Å². The fraction of sp³-hybridized carbons (Fsp3) is 0.118. The van der Waals surface area contributed by atoms with Crippen molar-refractivity contribution in [2.45, 2.75) is 13.0 Å². The standard InChI is InChI=1S/C17H15FN2S/c1-11-2-4-12(5-3-11)15-10-16(20-17(21)19-15)13-6-8-14(18)9-7-13/h2-10,16H,1H3,(H2,19,20,21)/t16-/m1/s1. The molecule has 1 aliphatic rings. The Labute approximate surface area is 128 Å². The van der Waals surface area contributed by atoms with Crippen LogP contribution in [0.15, 0.2) is 54.6 Å². The molecule has 1 heterocycles. The molecule has 2 aromatic rings. The van der Waals surface area contributed by atoms with E-state index in [0.29, 0.717) is 5.11 Å². The zero-order valence-electron chi connectivity index (χ0n) is 11.6. The van der Waals surface area contributed by atoms with Crippen molar-refractivity contribution >= 4 is 23.0 Å². The monoisotopic (exact) mass is 298 g/mol. The van der Waals surface area contributed by atoms with Crippen LogP contribution >= 0.6 is 12.2 Å². The molecule has 0 bridgehead atoms. The summed E-state index contributed by atoms with van der Waals surface area (Å²) in [4.78, 5) is 0. The summed E-state index contributed by atoms with van der Waals surface area (Å²) in [6.45, 7) is 2.06. The maximum absolute atomic E-state index is 13.0. The van der Waals surface area contributed by atoms with Crippen LogP contribution in [0.2, 0.25) is 0 Å². The van der Waals surface area contributed by atoms with Crippen molar-refractivity contribution in [3.8, 4) is 0 Å². The molecule has 106 valence electrons. The number of nitrogens with one attached hydrogen (secondary N) is 2. The first-order valence-corrected chi connectivity index (χ1v) is 7.14. The molecule has 0 unspecified atom stereocenters. The normalized spacial score (nSPS) is 17.7. The van der Waals surface area contributed by atoms with Gasteiger partial charge in [-0.05, 0) is 48.5 Å². The summed E-state index contributed by atoms with van der Waals surface area (Å²) >= 11 is 5.27. The maximum Gasteiger partial charge on any atom is 0.171 e. The summed E-state index contributed by atoms with van der Waals surface area (Å²) in [5.41, 5.74) is 4.24. The van der Waals surface area contributed by atoms with Gasteiger partial charge in [-0.25, -0.2) is 4.39 Å². The summed E-state index contributed by atoms with van der Waals surface area (Å²) < 4.78 is 13.0. The number of hydrogen-bond donors (Lipinski definition) is 2. The van der Waals surface area contributed by atoms with Gasteiger partial charge in [-0.15, -0.1) is 0 Å². The van der Waals surface area contributed by atoms with E-state index in [1.165, 1.54) is 17.7 Å². The first-order valence-electron chi connectivity index (χ1n) is 6.74. The molecule has 2 aromatic carbocycles. The minimum absolute atomic E-state index is 0.0596. The van der Waals surface area contributed by atoms with Crippen LogP contribution in [0.4, 0.5) is 4.39 Å². The SMILES string of the molecule is Cc1ccc(C2=C[C@H](c3ccc(F)cc3)NC(=S)N2)cc1. The van der Waals surface area contributed by atoms with E-state index < -0.39 is 0 Å². The predicted octanol–water partition coefficient (Wildman–Crippen LogP) is 3.69. The van der Waals surface area contributed by atoms with Crippen LogP contribution in [0.25, 0.3) is 5.70 Å². The maximum atomic E-state index is 13.0. The highest BCUT2D eigenvalue weighted by Gasteiger charge is 2.18. The van der Waals surface area contributed by atoms with Gasteiger partial charge < -0.3 is 10.6 Å². The Hall–Kier alpha value is -2.20. The number of thiocarbonyl (C=S) groups is 1. The highest BCUT2D eigenvalue weighted by Crippen LogP contribution is 2.23. The molecule has 0 radical (unpaired) electrons. The van der Waals surface area contributed by atoms with Crippen LogP contribution in [0.1, 0.15) is 22.7 Å². The fourth-order valence-electron chi connectivity index (χ4n) is 2.30. The van der Waals surface area contributed by atoms with Gasteiger partial charge in [0.2, 0.25) is 0 Å². The lowest BCUT2D eigenvalue weighted by Crippen LogP contribution is -2.40. The molecule has 1 aliphatic heterocycles. The van der Waals surface area contributed by atoms with Crippen molar-refractivity contribution < 1.29 is 4.39 Å². The lowest BCUT2D eigenvalue weighted by molar-refractivity contribution is 0.625. The Morgan fingerprint density at radius 3 is 2.33 bits per heavy atom. The first kappa shape index (κ1) is 13.8. The van der Waals surface area contributed by atoms with Crippen LogP contribution in [0.5, 0.6) is 0 Å². The molecule has 3 rings (SSSR count). The van der Waals surface area contributed by atoms with Crippen LogP contribution in [-0.4, -0.2) is 5.11 Å². The number of aryl methyl sites for hydroxylation is 1. The zero-order chi connectivity index (χ0) is 14.8. The fourth-order valence-corrected chi connectivity index (χ4v) is 2.54. The van der Waals surface area contributed by atoms with E-state index in [9.17, 15) is 4.39 Å². The van der Waals surface area contributed by atoms with Crippen LogP contribution < -0.4 is 10.6 Å². The van der Waals surface area contributed by atoms with Crippen molar-refractivity contribution in [3.05, 3.63) is 77.1 Å². The Balaban J connectivity index is 1.95. The van der Waals surface area contributed by atoms with Crippen molar-refractivity contribution in [2.75, 3.05) is 0 Å². The second-order valence-corrected chi connectivity index (χ2v) is 5.48. The quantitative estimate of drug-likeness (QED) is 0.827. The second-order valence-electron chi connectivity index (χ2n) is 5.07. The number of halogens is 1. The summed E-state index contributed by atoms with van der Waals surface area (Å²) in [6, 6.07) is 14.6. The molecule has 1 atom stereocenters. The lowest BCUT2D eigenvalue weighted by Gasteiger charge is -2.26. The van der Waals surface area contributed by atoms with Gasteiger partial charge in [-0.3, -0.25) is 0 Å². The number of hydrogen-bond acceptors (Lipinski definition) is 1. The molecule has 0 amide bonds. The smallest absolute Gasteiger partial charge is 0.171 e. The molecular formula is C17H15FN2S. The molecule has 0 spiro atoms. The molecule has 0 saturated heterocycles. The third-order valence-corrected chi connectivity index (χ3v) is 3.68. The van der Waals surface area contributed by atoms with E-state index in [4.69, 9.17) is 12.2 Å². The van der Waals surface area contributed by atoms with Crippen LogP contribution in [0, 0.1) is 12.7 Å². The van der Waals surface area contributed by atoms with Crippen molar-refractivity contribution in [1.82, 2.24) is 10.6 Å². The molecule has 0 saturated carbocycles. The Morgan fingerprint density at radius 2 is 1.67 bits per heavy atom. The second kappa shape index (κ2) is 5.66. The minimum atomic E-state index is -0.238. The van der Waals surface area contributed by atoms with Crippen molar-refractivity contribution in [1.29, 1.82) is 0 Å². The van der Waals surface area contributed by atoms with Gasteiger partial charge in [0, 0.05) is 5.70 Å². The Bertz CT molecular complexity index is 690. The highest BCUT2D eigenvalue weighted by molar-refractivity contribution is 7.80.